The van der Waals surface area contributed by atoms with Gasteiger partial charge in [0.1, 0.15) is 0 Å². The van der Waals surface area contributed by atoms with Gasteiger partial charge in [-0.2, -0.15) is 0 Å². The highest BCUT2D eigenvalue weighted by molar-refractivity contribution is 7.41. The smallest absolute Gasteiger partial charge is 0.249 e. The lowest BCUT2D eigenvalue weighted by Crippen LogP contribution is -2.47. The molecule has 1 aromatic carbocycles. The standard InChI is InChI=1S/C18H19N2O4P/c1-12-14(21)8-10-18(2,16(12)13-6-4-3-5-7-13)17(23)20-15(22)9-11-19-25(20)24/h3-8,10,25H,9,11H2,1-2H3,(H,19,24). The van der Waals surface area contributed by atoms with E-state index < -0.39 is 25.3 Å². The maximum Gasteiger partial charge on any atom is 0.249 e. The number of nitrogens with zero attached hydrogens (tertiary/aromatic N) is 1. The normalized spacial score (nSPS) is 27.0. The monoisotopic (exact) mass is 358 g/mol. The lowest BCUT2D eigenvalue weighted by molar-refractivity contribution is -0.142. The third-order valence-electron chi connectivity index (χ3n) is 4.61. The van der Waals surface area contributed by atoms with E-state index in [2.05, 4.69) is 5.09 Å². The van der Waals surface area contributed by atoms with Crippen LogP contribution in [0.1, 0.15) is 25.8 Å². The summed E-state index contributed by atoms with van der Waals surface area (Å²) in [6.45, 7) is 3.62. The molecule has 0 spiro atoms. The van der Waals surface area contributed by atoms with E-state index in [1.54, 1.807) is 13.8 Å². The van der Waals surface area contributed by atoms with E-state index in [0.717, 1.165) is 10.2 Å². The highest BCUT2D eigenvalue weighted by Gasteiger charge is 2.46. The minimum absolute atomic E-state index is 0.115. The van der Waals surface area contributed by atoms with Crippen LogP contribution in [0, 0.1) is 5.41 Å². The number of carbonyl (C=O) groups is 3. The Morgan fingerprint density at radius 3 is 2.56 bits per heavy atom. The number of hydrogen-bond acceptors (Lipinski definition) is 4. The van der Waals surface area contributed by atoms with E-state index in [0.29, 0.717) is 17.7 Å². The average Bonchev–Trinajstić information content (AvgIpc) is 2.59. The van der Waals surface area contributed by atoms with Gasteiger partial charge in [0.2, 0.25) is 19.9 Å². The molecular weight excluding hydrogens is 339 g/mol. The van der Waals surface area contributed by atoms with E-state index in [9.17, 15) is 18.9 Å². The fraction of sp³-hybridized carbons (Fsp3) is 0.278. The van der Waals surface area contributed by atoms with Crippen molar-refractivity contribution in [3.8, 4) is 0 Å². The number of hydrogen-bond donors (Lipinski definition) is 1. The highest BCUT2D eigenvalue weighted by atomic mass is 31.1. The van der Waals surface area contributed by atoms with Crippen LogP contribution in [0.15, 0.2) is 48.1 Å². The Bertz CT molecular complexity index is 828. The third kappa shape index (κ3) is 2.92. The quantitative estimate of drug-likeness (QED) is 0.648. The van der Waals surface area contributed by atoms with Gasteiger partial charge in [0.05, 0.1) is 5.41 Å². The predicted octanol–water partition coefficient (Wildman–Crippen LogP) is 2.34. The van der Waals surface area contributed by atoms with Crippen molar-refractivity contribution in [1.29, 1.82) is 0 Å². The fourth-order valence-corrected chi connectivity index (χ4v) is 4.53. The Labute approximate surface area is 146 Å². The average molecular weight is 358 g/mol. The molecule has 0 aromatic heterocycles. The SMILES string of the molecule is CC1=C(c2ccccc2)C(C)(C(=O)N2C(=O)CCN[PH]2=O)C=CC1=O. The molecule has 0 saturated carbocycles. The van der Waals surface area contributed by atoms with Gasteiger partial charge in [0.25, 0.3) is 0 Å². The van der Waals surface area contributed by atoms with Crippen LogP contribution in [0.2, 0.25) is 0 Å². The van der Waals surface area contributed by atoms with E-state index in [1.165, 1.54) is 12.2 Å². The molecule has 1 saturated heterocycles. The molecule has 1 N–H and O–H groups in total. The van der Waals surface area contributed by atoms with E-state index in [-0.39, 0.29) is 12.2 Å². The summed E-state index contributed by atoms with van der Waals surface area (Å²) >= 11 is 0. The number of ketones is 1. The molecule has 6 nitrogen and oxygen atoms in total. The summed E-state index contributed by atoms with van der Waals surface area (Å²) in [5.41, 5.74) is 0.472. The minimum atomic E-state index is -2.71. The largest absolute Gasteiger partial charge is 0.290 e. The predicted molar refractivity (Wildman–Crippen MR) is 94.8 cm³/mol. The second-order valence-electron chi connectivity index (χ2n) is 6.28. The molecule has 1 aliphatic heterocycles. The Morgan fingerprint density at radius 2 is 1.92 bits per heavy atom. The Kier molecular flexibility index (Phi) is 4.58. The zero-order valence-corrected chi connectivity index (χ0v) is 15.0. The molecule has 7 heteroatoms. The van der Waals surface area contributed by atoms with Crippen LogP contribution in [0.5, 0.6) is 0 Å². The molecule has 130 valence electrons. The molecule has 3 rings (SSSR count). The zero-order chi connectivity index (χ0) is 18.2. The number of imide groups is 1. The van der Waals surface area contributed by atoms with Crippen molar-refractivity contribution >= 4 is 31.3 Å². The summed E-state index contributed by atoms with van der Waals surface area (Å²) in [6, 6.07) is 9.11. The lowest BCUT2D eigenvalue weighted by Gasteiger charge is -2.37. The number of allylic oxidation sites excluding steroid dienone is 2. The van der Waals surface area contributed by atoms with Crippen molar-refractivity contribution < 1.29 is 18.9 Å². The molecule has 1 fully saturated rings. The fourth-order valence-electron chi connectivity index (χ4n) is 3.28. The van der Waals surface area contributed by atoms with Crippen LogP contribution in [-0.4, -0.2) is 28.8 Å². The first-order valence-electron chi connectivity index (χ1n) is 8.02. The van der Waals surface area contributed by atoms with Gasteiger partial charge >= 0.3 is 0 Å². The van der Waals surface area contributed by atoms with Crippen molar-refractivity contribution in [2.24, 2.45) is 5.41 Å². The van der Waals surface area contributed by atoms with Gasteiger partial charge in [-0.15, -0.1) is 0 Å². The summed E-state index contributed by atoms with van der Waals surface area (Å²) in [4.78, 5) is 37.6. The van der Waals surface area contributed by atoms with Gasteiger partial charge in [-0.1, -0.05) is 36.4 Å². The first-order valence-corrected chi connectivity index (χ1v) is 9.37. The van der Waals surface area contributed by atoms with Crippen molar-refractivity contribution in [2.75, 3.05) is 6.54 Å². The van der Waals surface area contributed by atoms with Gasteiger partial charge in [-0.25, -0.2) is 4.67 Å². The second-order valence-corrected chi connectivity index (χ2v) is 7.69. The lowest BCUT2D eigenvalue weighted by atomic mass is 9.71. The van der Waals surface area contributed by atoms with E-state index in [4.69, 9.17) is 0 Å². The maximum atomic E-state index is 13.2. The molecule has 1 heterocycles. The molecule has 2 amide bonds. The molecule has 2 unspecified atom stereocenters. The van der Waals surface area contributed by atoms with Gasteiger partial charge in [-0.05, 0) is 31.1 Å². The molecule has 1 aromatic rings. The molecular formula is C18H19N2O4P. The van der Waals surface area contributed by atoms with Crippen LogP contribution >= 0.6 is 8.10 Å². The highest BCUT2D eigenvalue weighted by Crippen LogP contribution is 2.45. The van der Waals surface area contributed by atoms with Crippen LogP contribution in [0.3, 0.4) is 0 Å². The van der Waals surface area contributed by atoms with Crippen LogP contribution in [-0.2, 0) is 18.9 Å². The summed E-state index contributed by atoms with van der Waals surface area (Å²) < 4.78 is 13.1. The number of nitrogens with one attached hydrogen (secondary N) is 1. The Balaban J connectivity index is 2.13. The summed E-state index contributed by atoms with van der Waals surface area (Å²) in [7, 11) is -2.71. The summed E-state index contributed by atoms with van der Waals surface area (Å²) in [6.07, 6.45) is 2.97. The Hall–Kier alpha value is -2.30. The first kappa shape index (κ1) is 17.5. The number of benzene rings is 1. The van der Waals surface area contributed by atoms with Crippen LogP contribution in [0.4, 0.5) is 0 Å². The number of amides is 2. The van der Waals surface area contributed by atoms with Gasteiger partial charge < -0.3 is 0 Å². The zero-order valence-electron chi connectivity index (χ0n) is 14.0. The molecule has 2 atom stereocenters. The second kappa shape index (κ2) is 6.54. The van der Waals surface area contributed by atoms with E-state index in [1.807, 2.05) is 30.3 Å². The molecule has 0 bridgehead atoms. The maximum absolute atomic E-state index is 13.2. The van der Waals surface area contributed by atoms with Crippen LogP contribution < -0.4 is 5.09 Å². The van der Waals surface area contributed by atoms with Gasteiger partial charge in [0, 0.05) is 18.5 Å². The van der Waals surface area contributed by atoms with E-state index >= 15 is 0 Å². The number of carbonyl (C=O) groups excluding carboxylic acids is 3. The van der Waals surface area contributed by atoms with Crippen molar-refractivity contribution in [2.45, 2.75) is 20.3 Å². The summed E-state index contributed by atoms with van der Waals surface area (Å²) in [5.74, 6) is -1.21. The molecule has 2 aliphatic rings. The molecule has 1 aliphatic carbocycles. The topological polar surface area (TPSA) is 83.6 Å². The number of rotatable bonds is 2. The van der Waals surface area contributed by atoms with Crippen molar-refractivity contribution in [3.63, 3.8) is 0 Å². The molecule has 25 heavy (non-hydrogen) atoms. The van der Waals surface area contributed by atoms with Gasteiger partial charge in [0.15, 0.2) is 5.78 Å². The van der Waals surface area contributed by atoms with Crippen molar-refractivity contribution in [1.82, 2.24) is 9.76 Å². The third-order valence-corrected chi connectivity index (χ3v) is 6.02. The first-order chi connectivity index (χ1) is 11.9. The van der Waals surface area contributed by atoms with Crippen LogP contribution in [0.25, 0.3) is 5.57 Å². The molecule has 0 radical (unpaired) electrons. The summed E-state index contributed by atoms with van der Waals surface area (Å²) in [5, 5.41) is 2.70. The van der Waals surface area contributed by atoms with Crippen molar-refractivity contribution in [3.05, 3.63) is 53.6 Å². The Morgan fingerprint density at radius 1 is 1.24 bits per heavy atom. The van der Waals surface area contributed by atoms with Gasteiger partial charge in [-0.3, -0.25) is 24.0 Å². The minimum Gasteiger partial charge on any atom is -0.290 e.